The van der Waals surface area contributed by atoms with Gasteiger partial charge in [0.15, 0.2) is 0 Å². The standard InChI is InChI=1S/C11H12N2O5S/c1-6(2)13-10(14)8-4-3-7(11(15)16)5-9(8)12-19(13,17)18/h3-6,12H,1-2H3,(H,15,16). The van der Waals surface area contributed by atoms with Crippen LogP contribution in [0.3, 0.4) is 0 Å². The predicted octanol–water partition coefficient (Wildman–Crippen LogP) is 0.906. The lowest BCUT2D eigenvalue weighted by Crippen LogP contribution is -2.48. The van der Waals surface area contributed by atoms with E-state index in [0.717, 1.165) is 10.4 Å². The number of amides is 1. The number of fused-ring (bicyclic) bond motifs is 1. The van der Waals surface area contributed by atoms with Gasteiger partial charge in [0.25, 0.3) is 5.91 Å². The average molecular weight is 284 g/mol. The number of nitrogens with zero attached hydrogens (tertiary/aromatic N) is 1. The largest absolute Gasteiger partial charge is 0.478 e. The van der Waals surface area contributed by atoms with Crippen LogP contribution < -0.4 is 4.72 Å². The maximum absolute atomic E-state index is 12.1. The lowest BCUT2D eigenvalue weighted by Gasteiger charge is -2.31. The molecule has 19 heavy (non-hydrogen) atoms. The van der Waals surface area contributed by atoms with Crippen molar-refractivity contribution in [2.75, 3.05) is 4.72 Å². The highest BCUT2D eigenvalue weighted by molar-refractivity contribution is 7.91. The maximum Gasteiger partial charge on any atom is 0.335 e. The quantitative estimate of drug-likeness (QED) is 0.840. The van der Waals surface area contributed by atoms with E-state index in [0.29, 0.717) is 0 Å². The van der Waals surface area contributed by atoms with Gasteiger partial charge in [0, 0.05) is 6.04 Å². The lowest BCUT2D eigenvalue weighted by molar-refractivity contribution is 0.0695. The minimum atomic E-state index is -3.99. The van der Waals surface area contributed by atoms with E-state index in [1.165, 1.54) is 12.1 Å². The van der Waals surface area contributed by atoms with Crippen LogP contribution in [0.4, 0.5) is 5.69 Å². The third kappa shape index (κ3) is 2.14. The molecule has 1 aromatic carbocycles. The smallest absolute Gasteiger partial charge is 0.335 e. The zero-order chi connectivity index (χ0) is 14.4. The van der Waals surface area contributed by atoms with E-state index < -0.39 is 28.1 Å². The van der Waals surface area contributed by atoms with Crippen molar-refractivity contribution in [1.82, 2.24) is 4.31 Å². The van der Waals surface area contributed by atoms with Crippen LogP contribution in [0.25, 0.3) is 0 Å². The number of hydrogen-bond acceptors (Lipinski definition) is 4. The zero-order valence-corrected chi connectivity index (χ0v) is 11.1. The molecule has 0 spiro atoms. The fraction of sp³-hybridized carbons (Fsp3) is 0.273. The van der Waals surface area contributed by atoms with E-state index in [1.54, 1.807) is 13.8 Å². The molecule has 0 atom stereocenters. The van der Waals surface area contributed by atoms with Crippen LogP contribution in [-0.4, -0.2) is 35.7 Å². The molecular weight excluding hydrogens is 272 g/mol. The van der Waals surface area contributed by atoms with Crippen molar-refractivity contribution in [3.05, 3.63) is 29.3 Å². The highest BCUT2D eigenvalue weighted by Gasteiger charge is 2.37. The van der Waals surface area contributed by atoms with E-state index in [9.17, 15) is 18.0 Å². The van der Waals surface area contributed by atoms with E-state index in [2.05, 4.69) is 4.72 Å². The minimum absolute atomic E-state index is 0.0122. The molecule has 1 aliphatic rings. The van der Waals surface area contributed by atoms with Crippen molar-refractivity contribution in [1.29, 1.82) is 0 Å². The molecule has 1 aromatic rings. The van der Waals surface area contributed by atoms with Gasteiger partial charge in [-0.1, -0.05) is 0 Å². The van der Waals surface area contributed by atoms with Crippen LogP contribution in [0, 0.1) is 0 Å². The Labute approximate surface area is 110 Å². The molecule has 7 nitrogen and oxygen atoms in total. The third-order valence-electron chi connectivity index (χ3n) is 2.66. The summed E-state index contributed by atoms with van der Waals surface area (Å²) in [6.45, 7) is 3.15. The Morgan fingerprint density at radius 3 is 2.53 bits per heavy atom. The molecule has 2 rings (SSSR count). The molecule has 0 bridgehead atoms. The molecule has 102 valence electrons. The van der Waals surface area contributed by atoms with Crippen molar-refractivity contribution in [3.8, 4) is 0 Å². The van der Waals surface area contributed by atoms with Crippen LogP contribution in [-0.2, 0) is 10.2 Å². The number of aromatic carboxylic acids is 1. The fourth-order valence-corrected chi connectivity index (χ4v) is 3.29. The molecule has 0 aliphatic carbocycles. The molecule has 2 N–H and O–H groups in total. The first-order valence-electron chi connectivity index (χ1n) is 5.48. The number of anilines is 1. The Bertz CT molecular complexity index is 666. The summed E-state index contributed by atoms with van der Waals surface area (Å²) in [6.07, 6.45) is 0. The zero-order valence-electron chi connectivity index (χ0n) is 10.2. The Kier molecular flexibility index (Phi) is 2.97. The first-order chi connectivity index (χ1) is 8.74. The summed E-state index contributed by atoms with van der Waals surface area (Å²) >= 11 is 0. The van der Waals surface area contributed by atoms with Crippen LogP contribution in [0.2, 0.25) is 0 Å². The molecule has 1 heterocycles. The molecule has 0 radical (unpaired) electrons. The second-order valence-corrected chi connectivity index (χ2v) is 5.91. The number of carbonyl (C=O) groups is 2. The lowest BCUT2D eigenvalue weighted by atomic mass is 10.1. The van der Waals surface area contributed by atoms with E-state index in [-0.39, 0.29) is 16.8 Å². The molecule has 0 saturated carbocycles. The minimum Gasteiger partial charge on any atom is -0.478 e. The maximum atomic E-state index is 12.1. The summed E-state index contributed by atoms with van der Waals surface area (Å²) in [5, 5.41) is 8.85. The number of carbonyl (C=O) groups excluding carboxylic acids is 1. The van der Waals surface area contributed by atoms with Gasteiger partial charge in [-0.2, -0.15) is 8.42 Å². The summed E-state index contributed by atoms with van der Waals surface area (Å²) in [7, 11) is -3.99. The summed E-state index contributed by atoms with van der Waals surface area (Å²) in [4.78, 5) is 22.9. The number of rotatable bonds is 2. The molecule has 0 unspecified atom stereocenters. The van der Waals surface area contributed by atoms with Crippen molar-refractivity contribution >= 4 is 27.8 Å². The van der Waals surface area contributed by atoms with Crippen LogP contribution in [0.5, 0.6) is 0 Å². The molecule has 0 fully saturated rings. The molecule has 1 amide bonds. The number of benzene rings is 1. The topological polar surface area (TPSA) is 104 Å². The summed E-state index contributed by atoms with van der Waals surface area (Å²) in [5.74, 6) is -1.86. The Morgan fingerprint density at radius 1 is 1.37 bits per heavy atom. The molecule has 0 saturated heterocycles. The highest BCUT2D eigenvalue weighted by Crippen LogP contribution is 2.28. The Morgan fingerprint density at radius 2 is 2.00 bits per heavy atom. The van der Waals surface area contributed by atoms with Crippen molar-refractivity contribution in [3.63, 3.8) is 0 Å². The molecule has 8 heteroatoms. The first kappa shape index (κ1) is 13.3. The number of carboxylic acid groups (broad SMARTS) is 1. The monoisotopic (exact) mass is 284 g/mol. The van der Waals surface area contributed by atoms with Gasteiger partial charge in [-0.15, -0.1) is 0 Å². The first-order valence-corrected chi connectivity index (χ1v) is 6.92. The average Bonchev–Trinajstić information content (AvgIpc) is 2.25. The van der Waals surface area contributed by atoms with Gasteiger partial charge in [0.2, 0.25) is 0 Å². The second-order valence-electron chi connectivity index (χ2n) is 4.37. The van der Waals surface area contributed by atoms with Gasteiger partial charge in [0.1, 0.15) is 0 Å². The predicted molar refractivity (Wildman–Crippen MR) is 67.2 cm³/mol. The number of hydrogen-bond donors (Lipinski definition) is 2. The fourth-order valence-electron chi connectivity index (χ4n) is 1.88. The Hall–Kier alpha value is -2.09. The Balaban J connectivity index is 2.60. The van der Waals surface area contributed by atoms with Crippen molar-refractivity contribution in [2.24, 2.45) is 0 Å². The SMILES string of the molecule is CC(C)N1C(=O)c2ccc(C(=O)O)cc2NS1(=O)=O. The van der Waals surface area contributed by atoms with Gasteiger partial charge in [-0.05, 0) is 32.0 Å². The molecular formula is C11H12N2O5S. The van der Waals surface area contributed by atoms with Crippen LogP contribution in [0.1, 0.15) is 34.6 Å². The van der Waals surface area contributed by atoms with E-state index in [1.807, 2.05) is 0 Å². The van der Waals surface area contributed by atoms with Gasteiger partial charge in [-0.25, -0.2) is 9.10 Å². The second kappa shape index (κ2) is 4.23. The highest BCUT2D eigenvalue weighted by atomic mass is 32.2. The summed E-state index contributed by atoms with van der Waals surface area (Å²) < 4.78 is 26.8. The van der Waals surface area contributed by atoms with Gasteiger partial charge in [-0.3, -0.25) is 9.52 Å². The van der Waals surface area contributed by atoms with Crippen LogP contribution >= 0.6 is 0 Å². The molecule has 0 aromatic heterocycles. The summed E-state index contributed by atoms with van der Waals surface area (Å²) in [5.41, 5.74) is 0.0302. The number of nitrogens with one attached hydrogen (secondary N) is 1. The van der Waals surface area contributed by atoms with E-state index >= 15 is 0 Å². The van der Waals surface area contributed by atoms with Gasteiger partial charge in [0.05, 0.1) is 16.8 Å². The van der Waals surface area contributed by atoms with Gasteiger partial charge >= 0.3 is 16.2 Å². The molecule has 1 aliphatic heterocycles. The normalized spacial score (nSPS) is 17.0. The summed E-state index contributed by atoms with van der Waals surface area (Å²) in [6, 6.07) is 3.16. The van der Waals surface area contributed by atoms with Gasteiger partial charge < -0.3 is 5.11 Å². The van der Waals surface area contributed by atoms with Crippen molar-refractivity contribution in [2.45, 2.75) is 19.9 Å². The third-order valence-corrected chi connectivity index (χ3v) is 4.25. The van der Waals surface area contributed by atoms with Crippen molar-refractivity contribution < 1.29 is 23.1 Å². The number of carboxylic acids is 1. The van der Waals surface area contributed by atoms with Crippen LogP contribution in [0.15, 0.2) is 18.2 Å². The van der Waals surface area contributed by atoms with E-state index in [4.69, 9.17) is 5.11 Å².